The number of hydrogen-bond donors (Lipinski definition) is 0. The number of carbonyl (C=O) groups excluding carboxylic acids is 1. The van der Waals surface area contributed by atoms with Gasteiger partial charge >= 0.3 is 0 Å². The van der Waals surface area contributed by atoms with Crippen LogP contribution in [-0.2, 0) is 10.0 Å². The van der Waals surface area contributed by atoms with Crippen molar-refractivity contribution in [1.82, 2.24) is 14.2 Å². The molecular weight excluding hydrogens is 551 g/mol. The van der Waals surface area contributed by atoms with E-state index in [9.17, 15) is 13.2 Å². The number of halogens is 2. The molecule has 11 heteroatoms. The zero-order valence-electron chi connectivity index (χ0n) is 21.4. The highest BCUT2D eigenvalue weighted by atomic mass is 35.5. The van der Waals surface area contributed by atoms with Gasteiger partial charge in [0.1, 0.15) is 5.52 Å². The Bertz CT molecular complexity index is 1310. The van der Waals surface area contributed by atoms with E-state index in [0.717, 1.165) is 43.3 Å². The van der Waals surface area contributed by atoms with Gasteiger partial charge in [0.15, 0.2) is 5.13 Å². The van der Waals surface area contributed by atoms with Crippen LogP contribution in [0.1, 0.15) is 49.4 Å². The molecule has 0 radical (unpaired) electrons. The van der Waals surface area contributed by atoms with Crippen LogP contribution in [0.2, 0.25) is 5.02 Å². The number of benzene rings is 2. The SMILES string of the molecule is CCC1CCCCN1S(=O)(=O)c1ccc(C(=O)N(CCCN(C)C)c2nc3c(Cl)cccc3s2)cc1.Cl. The van der Waals surface area contributed by atoms with E-state index >= 15 is 0 Å². The quantitative estimate of drug-likeness (QED) is 0.312. The van der Waals surface area contributed by atoms with E-state index in [1.54, 1.807) is 39.5 Å². The van der Waals surface area contributed by atoms with Gasteiger partial charge in [0, 0.05) is 24.7 Å². The molecule has 0 spiro atoms. The van der Waals surface area contributed by atoms with Crippen LogP contribution in [0.4, 0.5) is 5.13 Å². The monoisotopic (exact) mass is 584 g/mol. The number of amides is 1. The topological polar surface area (TPSA) is 73.8 Å². The average Bonchev–Trinajstić information content (AvgIpc) is 3.31. The van der Waals surface area contributed by atoms with Gasteiger partial charge < -0.3 is 4.90 Å². The number of fused-ring (bicyclic) bond motifs is 1. The molecule has 1 amide bonds. The summed E-state index contributed by atoms with van der Waals surface area (Å²) in [6.07, 6.45) is 4.38. The van der Waals surface area contributed by atoms with Crippen molar-refractivity contribution in [3.8, 4) is 0 Å². The lowest BCUT2D eigenvalue weighted by atomic mass is 10.0. The number of rotatable bonds is 9. The maximum Gasteiger partial charge on any atom is 0.260 e. The smallest absolute Gasteiger partial charge is 0.260 e. The van der Waals surface area contributed by atoms with Gasteiger partial charge in [-0.15, -0.1) is 12.4 Å². The molecule has 1 saturated heterocycles. The number of nitrogens with zero attached hydrogens (tertiary/aromatic N) is 4. The van der Waals surface area contributed by atoms with E-state index in [-0.39, 0.29) is 29.3 Å². The molecule has 0 aliphatic carbocycles. The lowest BCUT2D eigenvalue weighted by Gasteiger charge is -2.34. The minimum Gasteiger partial charge on any atom is -0.309 e. The van der Waals surface area contributed by atoms with Crippen LogP contribution in [0, 0.1) is 0 Å². The van der Waals surface area contributed by atoms with Crippen molar-refractivity contribution in [2.75, 3.05) is 38.6 Å². The maximum absolute atomic E-state index is 13.6. The highest BCUT2D eigenvalue weighted by molar-refractivity contribution is 7.89. The van der Waals surface area contributed by atoms with E-state index in [1.807, 2.05) is 33.2 Å². The van der Waals surface area contributed by atoms with Gasteiger partial charge in [-0.2, -0.15) is 4.31 Å². The van der Waals surface area contributed by atoms with Gasteiger partial charge in [0.2, 0.25) is 10.0 Å². The molecule has 1 aromatic heterocycles. The fourth-order valence-electron chi connectivity index (χ4n) is 4.61. The molecule has 7 nitrogen and oxygen atoms in total. The molecule has 37 heavy (non-hydrogen) atoms. The van der Waals surface area contributed by atoms with E-state index < -0.39 is 10.0 Å². The zero-order chi connectivity index (χ0) is 25.9. The number of hydrogen-bond acceptors (Lipinski definition) is 6. The van der Waals surface area contributed by atoms with Gasteiger partial charge in [0.25, 0.3) is 5.91 Å². The molecule has 1 atom stereocenters. The molecule has 1 fully saturated rings. The first-order chi connectivity index (χ1) is 17.2. The lowest BCUT2D eigenvalue weighted by molar-refractivity contribution is 0.0986. The Balaban J connectivity index is 0.00000380. The van der Waals surface area contributed by atoms with Crippen molar-refractivity contribution in [3.63, 3.8) is 0 Å². The summed E-state index contributed by atoms with van der Waals surface area (Å²) in [5, 5.41) is 1.13. The summed E-state index contributed by atoms with van der Waals surface area (Å²) in [5.41, 5.74) is 1.10. The summed E-state index contributed by atoms with van der Waals surface area (Å²) in [6.45, 7) is 3.88. The molecule has 1 aliphatic rings. The van der Waals surface area contributed by atoms with Crippen LogP contribution < -0.4 is 4.90 Å². The Morgan fingerprint density at radius 1 is 1.14 bits per heavy atom. The van der Waals surface area contributed by atoms with Gasteiger partial charge in [-0.3, -0.25) is 9.69 Å². The Hall–Kier alpha value is -1.75. The minimum absolute atomic E-state index is 0. The normalized spacial score (nSPS) is 16.6. The highest BCUT2D eigenvalue weighted by Crippen LogP contribution is 2.34. The van der Waals surface area contributed by atoms with Gasteiger partial charge in [-0.1, -0.05) is 42.3 Å². The van der Waals surface area contributed by atoms with Crippen molar-refractivity contribution in [2.45, 2.75) is 50.0 Å². The van der Waals surface area contributed by atoms with Gasteiger partial charge in [0.05, 0.1) is 14.6 Å². The molecule has 1 unspecified atom stereocenters. The van der Waals surface area contributed by atoms with Crippen LogP contribution in [0.15, 0.2) is 47.4 Å². The lowest BCUT2D eigenvalue weighted by Crippen LogP contribution is -2.43. The molecule has 0 bridgehead atoms. The van der Waals surface area contributed by atoms with Crippen molar-refractivity contribution in [3.05, 3.63) is 53.1 Å². The fourth-order valence-corrected chi connectivity index (χ4v) is 7.66. The minimum atomic E-state index is -3.61. The number of thiazole rings is 1. The predicted molar refractivity (Wildman–Crippen MR) is 155 cm³/mol. The van der Waals surface area contributed by atoms with Crippen molar-refractivity contribution in [1.29, 1.82) is 0 Å². The molecule has 2 heterocycles. The largest absolute Gasteiger partial charge is 0.309 e. The highest BCUT2D eigenvalue weighted by Gasteiger charge is 2.32. The molecule has 1 aliphatic heterocycles. The number of para-hydroxylation sites is 1. The molecular formula is C26H34Cl2N4O3S2. The Labute approximate surface area is 234 Å². The first kappa shape index (κ1) is 29.8. The van der Waals surface area contributed by atoms with E-state index in [2.05, 4.69) is 9.88 Å². The van der Waals surface area contributed by atoms with Crippen molar-refractivity contribution in [2.24, 2.45) is 0 Å². The fraction of sp³-hybridized carbons (Fsp3) is 0.462. The third-order valence-corrected chi connectivity index (χ3v) is 9.89. The average molecular weight is 586 g/mol. The van der Waals surface area contributed by atoms with Crippen LogP contribution >= 0.6 is 35.3 Å². The third-order valence-electron chi connectivity index (χ3n) is 6.57. The number of aromatic nitrogens is 1. The van der Waals surface area contributed by atoms with E-state index in [4.69, 9.17) is 11.6 Å². The summed E-state index contributed by atoms with van der Waals surface area (Å²) in [7, 11) is 0.383. The predicted octanol–water partition coefficient (Wildman–Crippen LogP) is 5.92. The second-order valence-corrected chi connectivity index (χ2v) is 12.7. The molecule has 3 aromatic rings. The van der Waals surface area contributed by atoms with Crippen LogP contribution in [0.5, 0.6) is 0 Å². The van der Waals surface area contributed by atoms with Gasteiger partial charge in [-0.25, -0.2) is 13.4 Å². The number of piperidine rings is 1. The van der Waals surface area contributed by atoms with Gasteiger partial charge in [-0.05, 0) is 82.7 Å². The van der Waals surface area contributed by atoms with Crippen LogP contribution in [0.25, 0.3) is 10.2 Å². The van der Waals surface area contributed by atoms with E-state index in [0.29, 0.717) is 34.3 Å². The molecule has 4 rings (SSSR count). The molecule has 202 valence electrons. The first-order valence-corrected chi connectivity index (χ1v) is 15.0. The zero-order valence-corrected chi connectivity index (χ0v) is 24.6. The van der Waals surface area contributed by atoms with Crippen molar-refractivity contribution < 1.29 is 13.2 Å². The second kappa shape index (κ2) is 12.9. The standard InChI is InChI=1S/C26H33ClN4O3S2.ClH/c1-4-20-9-5-6-18-31(20)36(33,34)21-14-12-19(13-15-21)25(32)30(17-8-16-29(2)3)26-28-24-22(27)10-7-11-23(24)35-26;/h7,10-15,20H,4-6,8-9,16-18H2,1-3H3;1H. The molecule has 0 saturated carbocycles. The number of anilines is 1. The van der Waals surface area contributed by atoms with Crippen LogP contribution in [-0.4, -0.2) is 68.3 Å². The Kier molecular flexibility index (Phi) is 10.4. The van der Waals surface area contributed by atoms with E-state index in [1.165, 1.54) is 11.3 Å². The summed E-state index contributed by atoms with van der Waals surface area (Å²) in [6, 6.07) is 12.0. The Morgan fingerprint density at radius 3 is 2.51 bits per heavy atom. The number of sulfonamides is 1. The Morgan fingerprint density at radius 2 is 1.86 bits per heavy atom. The summed E-state index contributed by atoms with van der Waals surface area (Å²) >= 11 is 7.76. The van der Waals surface area contributed by atoms with Crippen molar-refractivity contribution >= 4 is 66.6 Å². The van der Waals surface area contributed by atoms with Crippen LogP contribution in [0.3, 0.4) is 0 Å². The molecule has 0 N–H and O–H groups in total. The summed E-state index contributed by atoms with van der Waals surface area (Å²) in [5.74, 6) is -0.211. The first-order valence-electron chi connectivity index (χ1n) is 12.4. The second-order valence-electron chi connectivity index (χ2n) is 9.39. The summed E-state index contributed by atoms with van der Waals surface area (Å²) in [4.78, 5) is 22.3. The summed E-state index contributed by atoms with van der Waals surface area (Å²) < 4.78 is 29.2. The molecule has 2 aromatic carbocycles. The number of carbonyl (C=O) groups is 1. The third kappa shape index (κ3) is 6.64. The maximum atomic E-state index is 13.6.